The van der Waals surface area contributed by atoms with Gasteiger partial charge >= 0.3 is 0 Å². The lowest BCUT2D eigenvalue weighted by molar-refractivity contribution is 0.0784. The zero-order valence-corrected chi connectivity index (χ0v) is 13.9. The molecule has 0 bridgehead atoms. The molecule has 0 N–H and O–H groups in total. The van der Waals surface area contributed by atoms with Crippen molar-refractivity contribution in [2.45, 2.75) is 25.9 Å². The third kappa shape index (κ3) is 3.17. The van der Waals surface area contributed by atoms with Crippen molar-refractivity contribution in [1.82, 2.24) is 14.7 Å². The first kappa shape index (κ1) is 15.8. The predicted molar refractivity (Wildman–Crippen MR) is 83.8 cm³/mol. The van der Waals surface area contributed by atoms with Crippen molar-refractivity contribution < 1.29 is 17.6 Å². The number of hydrogen-bond acceptors (Lipinski definition) is 5. The number of carbonyl (C=O) groups is 1. The Kier molecular flexibility index (Phi) is 4.01. The lowest BCUT2D eigenvalue weighted by Crippen LogP contribution is -2.26. The van der Waals surface area contributed by atoms with Gasteiger partial charge in [0, 0.05) is 24.8 Å². The summed E-state index contributed by atoms with van der Waals surface area (Å²) in [4.78, 5) is 14.2. The highest BCUT2D eigenvalue weighted by atomic mass is 32.2. The van der Waals surface area contributed by atoms with Crippen LogP contribution in [0.4, 0.5) is 0 Å². The molecular weight excluding hydrogens is 318 g/mol. The molecule has 2 aromatic rings. The molecule has 1 aliphatic heterocycles. The van der Waals surface area contributed by atoms with E-state index in [9.17, 15) is 13.2 Å². The Morgan fingerprint density at radius 1 is 1.52 bits per heavy atom. The summed E-state index contributed by atoms with van der Waals surface area (Å²) in [6, 6.07) is 1.63. The Morgan fingerprint density at radius 2 is 2.30 bits per heavy atom. The van der Waals surface area contributed by atoms with Gasteiger partial charge in [-0.15, -0.1) is 0 Å². The molecule has 2 aromatic heterocycles. The van der Waals surface area contributed by atoms with E-state index in [2.05, 4.69) is 5.10 Å². The Labute approximate surface area is 134 Å². The maximum Gasteiger partial charge on any atom is 0.257 e. The maximum absolute atomic E-state index is 12.6. The van der Waals surface area contributed by atoms with Gasteiger partial charge in [-0.2, -0.15) is 5.10 Å². The van der Waals surface area contributed by atoms with Crippen LogP contribution in [0.25, 0.3) is 0 Å². The van der Waals surface area contributed by atoms with Crippen LogP contribution in [0.5, 0.6) is 0 Å². The third-order valence-electron chi connectivity index (χ3n) is 4.18. The number of aromatic nitrogens is 2. The number of rotatable bonds is 4. The highest BCUT2D eigenvalue weighted by Gasteiger charge is 2.31. The van der Waals surface area contributed by atoms with E-state index in [0.29, 0.717) is 24.2 Å². The minimum absolute atomic E-state index is 0.0913. The summed E-state index contributed by atoms with van der Waals surface area (Å²) in [6.07, 6.45) is 5.23. The standard InChI is InChI=1S/C15H19N3O4S/c1-11-14(15(19)17(2)8-12-3-5-22-9-12)7-16-18(11)13-4-6-23(20,21)10-13/h3,5,7,9,13H,4,6,8,10H2,1-2H3/t13-/m0/s1. The number of amides is 1. The van der Waals surface area contributed by atoms with E-state index in [1.54, 1.807) is 36.1 Å². The second-order valence-corrected chi connectivity index (χ2v) is 8.17. The van der Waals surface area contributed by atoms with Crippen LogP contribution in [0.3, 0.4) is 0 Å². The fraction of sp³-hybridized carbons (Fsp3) is 0.467. The first-order valence-electron chi connectivity index (χ1n) is 7.38. The molecule has 3 heterocycles. The normalized spacial score (nSPS) is 19.8. The molecule has 0 saturated carbocycles. The molecule has 1 aliphatic rings. The van der Waals surface area contributed by atoms with Gasteiger partial charge in [-0.25, -0.2) is 8.42 Å². The Morgan fingerprint density at radius 3 is 2.91 bits per heavy atom. The average Bonchev–Trinajstić information content (AvgIpc) is 3.19. The average molecular weight is 337 g/mol. The second kappa shape index (κ2) is 5.84. The lowest BCUT2D eigenvalue weighted by atomic mass is 10.2. The summed E-state index contributed by atoms with van der Waals surface area (Å²) in [6.45, 7) is 2.24. The van der Waals surface area contributed by atoms with Gasteiger partial charge in [0.05, 0.1) is 41.8 Å². The minimum atomic E-state index is -2.99. The highest BCUT2D eigenvalue weighted by molar-refractivity contribution is 7.91. The van der Waals surface area contributed by atoms with Gasteiger partial charge in [-0.1, -0.05) is 0 Å². The van der Waals surface area contributed by atoms with Crippen molar-refractivity contribution in [1.29, 1.82) is 0 Å². The molecule has 23 heavy (non-hydrogen) atoms. The summed E-state index contributed by atoms with van der Waals surface area (Å²) in [7, 11) is -1.27. The molecular formula is C15H19N3O4S. The molecule has 1 amide bonds. The van der Waals surface area contributed by atoms with Crippen LogP contribution in [0.1, 0.15) is 34.1 Å². The third-order valence-corrected chi connectivity index (χ3v) is 5.93. The van der Waals surface area contributed by atoms with Crippen molar-refractivity contribution in [3.63, 3.8) is 0 Å². The van der Waals surface area contributed by atoms with Crippen LogP contribution in [0.15, 0.2) is 29.2 Å². The maximum atomic E-state index is 12.6. The fourth-order valence-corrected chi connectivity index (χ4v) is 4.60. The largest absolute Gasteiger partial charge is 0.472 e. The molecule has 0 aliphatic carbocycles. The minimum Gasteiger partial charge on any atom is -0.472 e. The molecule has 0 radical (unpaired) electrons. The summed E-state index contributed by atoms with van der Waals surface area (Å²) in [5, 5.41) is 4.25. The van der Waals surface area contributed by atoms with Crippen molar-refractivity contribution >= 4 is 15.7 Å². The molecule has 0 unspecified atom stereocenters. The van der Waals surface area contributed by atoms with E-state index in [1.165, 1.54) is 6.20 Å². The van der Waals surface area contributed by atoms with E-state index < -0.39 is 9.84 Å². The number of nitrogens with zero attached hydrogens (tertiary/aromatic N) is 3. The predicted octanol–water partition coefficient (Wildman–Crippen LogP) is 1.42. The lowest BCUT2D eigenvalue weighted by Gasteiger charge is -2.16. The molecule has 7 nitrogen and oxygen atoms in total. The molecule has 0 aromatic carbocycles. The topological polar surface area (TPSA) is 85.4 Å². The highest BCUT2D eigenvalue weighted by Crippen LogP contribution is 2.25. The fourth-order valence-electron chi connectivity index (χ4n) is 2.90. The van der Waals surface area contributed by atoms with Crippen LogP contribution in [0, 0.1) is 6.92 Å². The molecule has 1 atom stereocenters. The quantitative estimate of drug-likeness (QED) is 0.842. The van der Waals surface area contributed by atoms with Gasteiger partial charge < -0.3 is 9.32 Å². The van der Waals surface area contributed by atoms with Crippen molar-refractivity contribution in [2.24, 2.45) is 0 Å². The SMILES string of the molecule is Cc1c(C(=O)N(C)Cc2ccoc2)cnn1[C@H]1CCS(=O)(=O)C1. The zero-order valence-electron chi connectivity index (χ0n) is 13.1. The van der Waals surface area contributed by atoms with Crippen LogP contribution < -0.4 is 0 Å². The first-order chi connectivity index (χ1) is 10.9. The summed E-state index contributed by atoms with van der Waals surface area (Å²) < 4.78 is 29.9. The van der Waals surface area contributed by atoms with Gasteiger partial charge in [0.1, 0.15) is 0 Å². The summed E-state index contributed by atoms with van der Waals surface area (Å²) >= 11 is 0. The molecule has 8 heteroatoms. The van der Waals surface area contributed by atoms with Gasteiger partial charge in [-0.05, 0) is 19.4 Å². The zero-order chi connectivity index (χ0) is 16.6. The smallest absolute Gasteiger partial charge is 0.257 e. The van der Waals surface area contributed by atoms with E-state index >= 15 is 0 Å². The monoisotopic (exact) mass is 337 g/mol. The number of sulfone groups is 1. The summed E-state index contributed by atoms with van der Waals surface area (Å²) in [5.41, 5.74) is 2.12. The van der Waals surface area contributed by atoms with Gasteiger partial charge in [0.2, 0.25) is 0 Å². The van der Waals surface area contributed by atoms with E-state index in [-0.39, 0.29) is 23.5 Å². The van der Waals surface area contributed by atoms with E-state index in [1.807, 2.05) is 6.07 Å². The number of furan rings is 1. The number of carbonyl (C=O) groups excluding carboxylic acids is 1. The Bertz CT molecular complexity index is 808. The van der Waals surface area contributed by atoms with Crippen molar-refractivity contribution in [3.05, 3.63) is 41.6 Å². The van der Waals surface area contributed by atoms with E-state index in [4.69, 9.17) is 4.42 Å². The van der Waals surface area contributed by atoms with Gasteiger partial charge in [0.15, 0.2) is 9.84 Å². The summed E-state index contributed by atoms with van der Waals surface area (Å²) in [5.74, 6) is 0.130. The van der Waals surface area contributed by atoms with Crippen LogP contribution in [0.2, 0.25) is 0 Å². The van der Waals surface area contributed by atoms with E-state index in [0.717, 1.165) is 5.56 Å². The molecule has 3 rings (SSSR count). The van der Waals surface area contributed by atoms with Crippen LogP contribution in [-0.4, -0.2) is 47.6 Å². The van der Waals surface area contributed by atoms with Crippen LogP contribution >= 0.6 is 0 Å². The molecule has 1 saturated heterocycles. The first-order valence-corrected chi connectivity index (χ1v) is 9.20. The van der Waals surface area contributed by atoms with Gasteiger partial charge in [0.25, 0.3) is 5.91 Å². The van der Waals surface area contributed by atoms with Crippen molar-refractivity contribution in [2.75, 3.05) is 18.6 Å². The molecule has 1 fully saturated rings. The molecule has 124 valence electrons. The second-order valence-electron chi connectivity index (χ2n) is 5.94. The molecule has 0 spiro atoms. The van der Waals surface area contributed by atoms with Crippen LogP contribution in [-0.2, 0) is 16.4 Å². The number of hydrogen-bond donors (Lipinski definition) is 0. The Balaban J connectivity index is 1.77. The van der Waals surface area contributed by atoms with Crippen molar-refractivity contribution in [3.8, 4) is 0 Å². The van der Waals surface area contributed by atoms with Gasteiger partial charge in [-0.3, -0.25) is 9.48 Å². The Hall–Kier alpha value is -2.09.